The topological polar surface area (TPSA) is 87.3 Å². The summed E-state index contributed by atoms with van der Waals surface area (Å²) in [5.74, 6) is -0.295. The van der Waals surface area contributed by atoms with E-state index in [4.69, 9.17) is 0 Å². The second-order valence-corrected chi connectivity index (χ2v) is 6.76. The smallest absolute Gasteiger partial charge is 0.240 e. The standard InChI is InChI=1S/C10H21N3O3S.ClH/c1-10(2,13-17(3,15)16)9(14)12-8-5-4-6-11-7-8;/h8,11,13H,4-7H2,1-3H3,(H,12,14);1H/t8-;/m0./s1. The number of carbonyl (C=O) groups excluding carboxylic acids is 1. The second kappa shape index (κ2) is 6.70. The van der Waals surface area contributed by atoms with Gasteiger partial charge in [0, 0.05) is 12.6 Å². The van der Waals surface area contributed by atoms with Crippen LogP contribution in [0.2, 0.25) is 0 Å². The van der Waals surface area contributed by atoms with Crippen molar-refractivity contribution in [1.82, 2.24) is 15.4 Å². The number of sulfonamides is 1. The Balaban J connectivity index is 0.00000289. The van der Waals surface area contributed by atoms with Crippen molar-refractivity contribution in [3.05, 3.63) is 0 Å². The number of amides is 1. The fourth-order valence-electron chi connectivity index (χ4n) is 1.85. The third-order valence-electron chi connectivity index (χ3n) is 2.64. The van der Waals surface area contributed by atoms with Crippen molar-refractivity contribution in [3.63, 3.8) is 0 Å². The molecule has 0 spiro atoms. The van der Waals surface area contributed by atoms with Crippen molar-refractivity contribution in [1.29, 1.82) is 0 Å². The highest BCUT2D eigenvalue weighted by Crippen LogP contribution is 2.07. The Morgan fingerprint density at radius 2 is 2.00 bits per heavy atom. The van der Waals surface area contributed by atoms with Gasteiger partial charge in [-0.25, -0.2) is 13.1 Å². The lowest BCUT2D eigenvalue weighted by atomic mass is 10.0. The summed E-state index contributed by atoms with van der Waals surface area (Å²) in [5.41, 5.74) is -1.12. The van der Waals surface area contributed by atoms with E-state index in [0.717, 1.165) is 32.2 Å². The van der Waals surface area contributed by atoms with Crippen LogP contribution in [-0.2, 0) is 14.8 Å². The average molecular weight is 300 g/mol. The molecule has 0 saturated carbocycles. The molecule has 3 N–H and O–H groups in total. The normalized spacial score (nSPS) is 20.9. The maximum Gasteiger partial charge on any atom is 0.240 e. The monoisotopic (exact) mass is 299 g/mol. The zero-order valence-corrected chi connectivity index (χ0v) is 12.6. The van der Waals surface area contributed by atoms with E-state index < -0.39 is 15.6 Å². The van der Waals surface area contributed by atoms with E-state index in [2.05, 4.69) is 15.4 Å². The molecule has 1 aliphatic heterocycles. The Kier molecular flexibility index (Phi) is 6.56. The van der Waals surface area contributed by atoms with Gasteiger partial charge in [-0.05, 0) is 33.2 Å². The molecule has 1 fully saturated rings. The quantitative estimate of drug-likeness (QED) is 0.659. The first kappa shape index (κ1) is 17.6. The Morgan fingerprint density at radius 3 is 2.44 bits per heavy atom. The molecule has 0 aromatic rings. The third kappa shape index (κ3) is 5.99. The lowest BCUT2D eigenvalue weighted by Crippen LogP contribution is -2.58. The van der Waals surface area contributed by atoms with Gasteiger partial charge in [0.05, 0.1) is 6.26 Å². The van der Waals surface area contributed by atoms with Crippen LogP contribution in [0, 0.1) is 0 Å². The van der Waals surface area contributed by atoms with E-state index in [9.17, 15) is 13.2 Å². The maximum atomic E-state index is 11.9. The van der Waals surface area contributed by atoms with Crippen molar-refractivity contribution in [2.75, 3.05) is 19.3 Å². The lowest BCUT2D eigenvalue weighted by molar-refractivity contribution is -0.126. The van der Waals surface area contributed by atoms with E-state index in [1.165, 1.54) is 0 Å². The predicted octanol–water partition coefficient (Wildman–Crippen LogP) is -0.396. The van der Waals surface area contributed by atoms with Crippen LogP contribution < -0.4 is 15.4 Å². The number of hydrogen-bond donors (Lipinski definition) is 3. The molecule has 0 unspecified atom stereocenters. The van der Waals surface area contributed by atoms with Gasteiger partial charge in [-0.2, -0.15) is 0 Å². The van der Waals surface area contributed by atoms with Gasteiger partial charge < -0.3 is 10.6 Å². The summed E-state index contributed by atoms with van der Waals surface area (Å²) in [6.45, 7) is 4.82. The molecule has 0 aromatic carbocycles. The number of hydrogen-bond acceptors (Lipinski definition) is 4. The van der Waals surface area contributed by atoms with Gasteiger partial charge in [-0.15, -0.1) is 12.4 Å². The zero-order valence-electron chi connectivity index (χ0n) is 10.9. The highest BCUT2D eigenvalue weighted by Gasteiger charge is 2.32. The van der Waals surface area contributed by atoms with Gasteiger partial charge in [0.1, 0.15) is 5.54 Å². The van der Waals surface area contributed by atoms with Crippen LogP contribution in [0.25, 0.3) is 0 Å². The van der Waals surface area contributed by atoms with E-state index >= 15 is 0 Å². The molecule has 0 bridgehead atoms. The minimum absolute atomic E-state index is 0. The molecular formula is C10H22ClN3O3S. The fraction of sp³-hybridized carbons (Fsp3) is 0.900. The van der Waals surface area contributed by atoms with Gasteiger partial charge in [-0.1, -0.05) is 0 Å². The van der Waals surface area contributed by atoms with E-state index in [0.29, 0.717) is 0 Å². The number of nitrogens with one attached hydrogen (secondary N) is 3. The van der Waals surface area contributed by atoms with Crippen LogP contribution in [0.5, 0.6) is 0 Å². The molecular weight excluding hydrogens is 278 g/mol. The van der Waals surface area contributed by atoms with Crippen molar-refractivity contribution in [3.8, 4) is 0 Å². The molecule has 1 aliphatic rings. The Labute approximate surface area is 115 Å². The van der Waals surface area contributed by atoms with Crippen LogP contribution in [0.4, 0.5) is 0 Å². The Morgan fingerprint density at radius 1 is 1.39 bits per heavy atom. The fourth-order valence-corrected chi connectivity index (χ4v) is 2.87. The first-order valence-corrected chi connectivity index (χ1v) is 7.60. The summed E-state index contributed by atoms with van der Waals surface area (Å²) in [4.78, 5) is 11.9. The lowest BCUT2D eigenvalue weighted by Gasteiger charge is -2.29. The minimum atomic E-state index is -3.39. The summed E-state index contributed by atoms with van der Waals surface area (Å²) < 4.78 is 24.6. The van der Waals surface area contributed by atoms with Crippen LogP contribution >= 0.6 is 12.4 Å². The summed E-state index contributed by atoms with van der Waals surface area (Å²) in [5, 5.41) is 6.04. The number of carbonyl (C=O) groups is 1. The largest absolute Gasteiger partial charge is 0.350 e. The Bertz CT molecular complexity index is 378. The van der Waals surface area contributed by atoms with Gasteiger partial charge in [0.2, 0.25) is 15.9 Å². The molecule has 0 aliphatic carbocycles. The van der Waals surface area contributed by atoms with Crippen molar-refractivity contribution < 1.29 is 13.2 Å². The van der Waals surface area contributed by atoms with Gasteiger partial charge in [0.25, 0.3) is 0 Å². The van der Waals surface area contributed by atoms with Crippen LogP contribution in [0.3, 0.4) is 0 Å². The SMILES string of the molecule is CC(C)(NS(C)(=O)=O)C(=O)N[C@H]1CCCNC1.Cl. The average Bonchev–Trinajstić information content (AvgIpc) is 2.15. The highest BCUT2D eigenvalue weighted by atomic mass is 35.5. The molecule has 6 nitrogen and oxygen atoms in total. The molecule has 8 heteroatoms. The van der Waals surface area contributed by atoms with Crippen molar-refractivity contribution in [2.45, 2.75) is 38.3 Å². The number of rotatable bonds is 4. The molecule has 18 heavy (non-hydrogen) atoms. The summed E-state index contributed by atoms with van der Waals surface area (Å²) in [7, 11) is -3.39. The highest BCUT2D eigenvalue weighted by molar-refractivity contribution is 7.88. The van der Waals surface area contributed by atoms with E-state index in [1.807, 2.05) is 0 Å². The molecule has 1 heterocycles. The zero-order chi connectivity index (χ0) is 13.1. The van der Waals surface area contributed by atoms with Crippen LogP contribution in [-0.4, -0.2) is 45.3 Å². The molecule has 108 valence electrons. The summed E-state index contributed by atoms with van der Waals surface area (Å²) in [6.07, 6.45) is 2.99. The molecule has 1 amide bonds. The molecule has 1 atom stereocenters. The first-order valence-electron chi connectivity index (χ1n) is 5.71. The minimum Gasteiger partial charge on any atom is -0.350 e. The summed E-state index contributed by atoms with van der Waals surface area (Å²) >= 11 is 0. The molecule has 0 aromatic heterocycles. The molecule has 0 radical (unpaired) electrons. The second-order valence-electron chi connectivity index (χ2n) is 5.02. The predicted molar refractivity (Wildman–Crippen MR) is 73.3 cm³/mol. The third-order valence-corrected chi connectivity index (χ3v) is 3.52. The van der Waals surface area contributed by atoms with Gasteiger partial charge in [-0.3, -0.25) is 4.79 Å². The first-order chi connectivity index (χ1) is 7.71. The van der Waals surface area contributed by atoms with E-state index in [-0.39, 0.29) is 24.4 Å². The van der Waals surface area contributed by atoms with Gasteiger partial charge >= 0.3 is 0 Å². The number of halogens is 1. The van der Waals surface area contributed by atoms with Crippen molar-refractivity contribution in [2.24, 2.45) is 0 Å². The maximum absolute atomic E-state index is 11.9. The van der Waals surface area contributed by atoms with Crippen LogP contribution in [0.15, 0.2) is 0 Å². The van der Waals surface area contributed by atoms with Crippen LogP contribution in [0.1, 0.15) is 26.7 Å². The summed E-state index contributed by atoms with van der Waals surface area (Å²) in [6, 6.07) is 0.0804. The Hall–Kier alpha value is -0.370. The van der Waals surface area contributed by atoms with Gasteiger partial charge in [0.15, 0.2) is 0 Å². The van der Waals surface area contributed by atoms with Crippen molar-refractivity contribution >= 4 is 28.3 Å². The molecule has 1 rings (SSSR count). The number of piperidine rings is 1. The molecule has 1 saturated heterocycles. The van der Waals surface area contributed by atoms with E-state index in [1.54, 1.807) is 13.8 Å².